The van der Waals surface area contributed by atoms with E-state index in [0.717, 1.165) is 12.1 Å². The fourth-order valence-electron chi connectivity index (χ4n) is 2.15. The summed E-state index contributed by atoms with van der Waals surface area (Å²) >= 11 is 5.87. The van der Waals surface area contributed by atoms with E-state index in [1.165, 1.54) is 17.2 Å². The number of halogens is 3. The van der Waals surface area contributed by atoms with Gasteiger partial charge in [0, 0.05) is 6.20 Å². The number of hydrogen-bond donors (Lipinski definition) is 2. The zero-order valence-electron chi connectivity index (χ0n) is 13.9. The molecule has 0 radical (unpaired) electrons. The topological polar surface area (TPSA) is 74.3 Å². The van der Waals surface area contributed by atoms with Gasteiger partial charge in [-0.2, -0.15) is 0 Å². The normalized spacial score (nSPS) is 10.7. The van der Waals surface area contributed by atoms with Gasteiger partial charge in [-0.15, -0.1) is 0 Å². The molecule has 0 aliphatic heterocycles. The summed E-state index contributed by atoms with van der Waals surface area (Å²) in [5, 5.41) is 4.92. The van der Waals surface area contributed by atoms with E-state index in [-0.39, 0.29) is 18.2 Å². The number of rotatable bonds is 7. The highest BCUT2D eigenvalue weighted by molar-refractivity contribution is 6.32. The molecule has 138 valence electrons. The molecular weight excluding hydrogens is 366 g/mol. The van der Waals surface area contributed by atoms with Gasteiger partial charge < -0.3 is 10.6 Å². The van der Waals surface area contributed by atoms with Crippen LogP contribution < -0.4 is 10.6 Å². The predicted octanol–water partition coefficient (Wildman–Crippen LogP) is 2.91. The van der Waals surface area contributed by atoms with E-state index in [1.807, 2.05) is 0 Å². The molecule has 0 bridgehead atoms. The van der Waals surface area contributed by atoms with E-state index in [4.69, 9.17) is 11.6 Å². The molecule has 1 aromatic carbocycles. The first-order chi connectivity index (χ1) is 12.4. The molecule has 0 spiro atoms. The van der Waals surface area contributed by atoms with Gasteiger partial charge in [0.1, 0.15) is 17.3 Å². The van der Waals surface area contributed by atoms with Crippen LogP contribution in [0.3, 0.4) is 0 Å². The van der Waals surface area contributed by atoms with Gasteiger partial charge in [0.05, 0.1) is 18.8 Å². The Kier molecular flexibility index (Phi) is 6.99. The lowest BCUT2D eigenvalue weighted by Gasteiger charge is -2.19. The summed E-state index contributed by atoms with van der Waals surface area (Å²) < 4.78 is 27.1. The van der Waals surface area contributed by atoms with Gasteiger partial charge in [-0.1, -0.05) is 24.6 Å². The van der Waals surface area contributed by atoms with Crippen LogP contribution in [0.1, 0.15) is 6.92 Å². The minimum absolute atomic E-state index is 0.102. The number of nitrogens with one attached hydrogen (secondary N) is 2. The molecule has 2 rings (SSSR count). The predicted molar refractivity (Wildman–Crippen MR) is 95.0 cm³/mol. The second-order valence-electron chi connectivity index (χ2n) is 5.34. The van der Waals surface area contributed by atoms with Crippen molar-refractivity contribution in [1.82, 2.24) is 9.88 Å². The summed E-state index contributed by atoms with van der Waals surface area (Å²) in [6.45, 7) is 1.82. The van der Waals surface area contributed by atoms with Crippen molar-refractivity contribution in [2.45, 2.75) is 6.92 Å². The van der Waals surface area contributed by atoms with Crippen LogP contribution >= 0.6 is 11.6 Å². The van der Waals surface area contributed by atoms with Crippen LogP contribution in [0, 0.1) is 11.6 Å². The van der Waals surface area contributed by atoms with Crippen LogP contribution in [0.5, 0.6) is 0 Å². The lowest BCUT2D eigenvalue weighted by Crippen LogP contribution is -2.38. The van der Waals surface area contributed by atoms with E-state index in [9.17, 15) is 18.4 Å². The Labute approximate surface area is 154 Å². The largest absolute Gasteiger partial charge is 0.322 e. The summed E-state index contributed by atoms with van der Waals surface area (Å²) in [5.74, 6) is -2.77. The minimum Gasteiger partial charge on any atom is -0.322 e. The standard InChI is InChI=1S/C17H17ClF2N4O2/c1-2-24(9-14(25)22-13-7-4-8-21-17(13)18)10-15(26)23-16-11(19)5-3-6-12(16)20/h3-8H,2,9-10H2,1H3,(H,22,25)(H,23,26). The smallest absolute Gasteiger partial charge is 0.238 e. The first kappa shape index (κ1) is 19.7. The van der Waals surface area contributed by atoms with E-state index in [1.54, 1.807) is 19.1 Å². The molecule has 1 aromatic heterocycles. The number of amides is 2. The zero-order chi connectivity index (χ0) is 19.1. The molecule has 2 N–H and O–H groups in total. The Morgan fingerprint density at radius 2 is 1.69 bits per heavy atom. The third-order valence-electron chi connectivity index (χ3n) is 3.44. The monoisotopic (exact) mass is 382 g/mol. The van der Waals surface area contributed by atoms with E-state index >= 15 is 0 Å². The summed E-state index contributed by atoms with van der Waals surface area (Å²) in [7, 11) is 0. The highest BCUT2D eigenvalue weighted by Gasteiger charge is 2.17. The SMILES string of the molecule is CCN(CC(=O)Nc1cccnc1Cl)CC(=O)Nc1c(F)cccc1F. The summed E-state index contributed by atoms with van der Waals surface area (Å²) in [4.78, 5) is 29.5. The number of carbonyl (C=O) groups is 2. The quantitative estimate of drug-likeness (QED) is 0.722. The molecule has 0 unspecified atom stereocenters. The van der Waals surface area contributed by atoms with Crippen LogP contribution in [-0.2, 0) is 9.59 Å². The Bertz CT molecular complexity index is 784. The zero-order valence-corrected chi connectivity index (χ0v) is 14.7. The Hall–Kier alpha value is -2.58. The van der Waals surface area contributed by atoms with Crippen molar-refractivity contribution < 1.29 is 18.4 Å². The Balaban J connectivity index is 1.93. The van der Waals surface area contributed by atoms with Gasteiger partial charge in [-0.25, -0.2) is 13.8 Å². The van der Waals surface area contributed by atoms with Gasteiger partial charge >= 0.3 is 0 Å². The second kappa shape index (κ2) is 9.21. The van der Waals surface area contributed by atoms with Crippen molar-refractivity contribution in [2.24, 2.45) is 0 Å². The summed E-state index contributed by atoms with van der Waals surface area (Å²) in [6, 6.07) is 6.50. The molecule has 1 heterocycles. The lowest BCUT2D eigenvalue weighted by molar-refractivity contribution is -0.119. The highest BCUT2D eigenvalue weighted by atomic mass is 35.5. The average Bonchev–Trinajstić information content (AvgIpc) is 2.59. The van der Waals surface area contributed by atoms with Crippen LogP contribution in [0.4, 0.5) is 20.2 Å². The van der Waals surface area contributed by atoms with Gasteiger partial charge in [0.2, 0.25) is 11.8 Å². The van der Waals surface area contributed by atoms with Gasteiger partial charge in [-0.3, -0.25) is 14.5 Å². The molecule has 0 saturated heterocycles. The van der Waals surface area contributed by atoms with Gasteiger partial charge in [0.15, 0.2) is 5.15 Å². The van der Waals surface area contributed by atoms with Crippen LogP contribution in [0.25, 0.3) is 0 Å². The minimum atomic E-state index is -0.870. The van der Waals surface area contributed by atoms with Gasteiger partial charge in [-0.05, 0) is 30.8 Å². The fraction of sp³-hybridized carbons (Fsp3) is 0.235. The molecule has 2 aromatic rings. The maximum atomic E-state index is 13.6. The number of para-hydroxylation sites is 1. The van der Waals surface area contributed by atoms with Crippen LogP contribution in [-0.4, -0.2) is 41.3 Å². The third-order valence-corrected chi connectivity index (χ3v) is 3.74. The Morgan fingerprint density at radius 1 is 1.08 bits per heavy atom. The fourth-order valence-corrected chi connectivity index (χ4v) is 2.32. The van der Waals surface area contributed by atoms with E-state index in [2.05, 4.69) is 15.6 Å². The van der Waals surface area contributed by atoms with E-state index < -0.39 is 29.1 Å². The van der Waals surface area contributed by atoms with Gasteiger partial charge in [0.25, 0.3) is 0 Å². The number of pyridine rings is 1. The molecule has 6 nitrogen and oxygen atoms in total. The molecule has 0 saturated carbocycles. The summed E-state index contributed by atoms with van der Waals surface area (Å²) in [6.07, 6.45) is 1.49. The number of hydrogen-bond acceptors (Lipinski definition) is 4. The summed E-state index contributed by atoms with van der Waals surface area (Å²) in [5.41, 5.74) is -0.159. The molecule has 26 heavy (non-hydrogen) atoms. The average molecular weight is 383 g/mol. The number of benzene rings is 1. The Morgan fingerprint density at radius 3 is 2.27 bits per heavy atom. The maximum Gasteiger partial charge on any atom is 0.238 e. The van der Waals surface area contributed by atoms with Crippen LogP contribution in [0.15, 0.2) is 36.5 Å². The molecule has 2 amide bonds. The van der Waals surface area contributed by atoms with Crippen molar-refractivity contribution in [2.75, 3.05) is 30.3 Å². The first-order valence-electron chi connectivity index (χ1n) is 7.77. The molecule has 9 heteroatoms. The molecular formula is C17H17ClF2N4O2. The number of aromatic nitrogens is 1. The first-order valence-corrected chi connectivity index (χ1v) is 8.15. The van der Waals surface area contributed by atoms with Crippen molar-refractivity contribution in [3.8, 4) is 0 Å². The van der Waals surface area contributed by atoms with E-state index in [0.29, 0.717) is 12.2 Å². The van der Waals surface area contributed by atoms with Crippen LogP contribution in [0.2, 0.25) is 5.15 Å². The van der Waals surface area contributed by atoms with Crippen molar-refractivity contribution in [3.05, 3.63) is 53.3 Å². The van der Waals surface area contributed by atoms with Crippen molar-refractivity contribution in [1.29, 1.82) is 0 Å². The molecule has 0 fully saturated rings. The number of anilines is 2. The number of nitrogens with zero attached hydrogens (tertiary/aromatic N) is 2. The molecule has 0 aliphatic rings. The molecule has 0 aliphatic carbocycles. The molecule has 0 atom stereocenters. The second-order valence-corrected chi connectivity index (χ2v) is 5.70. The number of carbonyl (C=O) groups excluding carboxylic acids is 2. The number of likely N-dealkylation sites (N-methyl/N-ethyl adjacent to an activating group) is 1. The maximum absolute atomic E-state index is 13.6. The lowest BCUT2D eigenvalue weighted by atomic mass is 10.3. The third kappa shape index (κ3) is 5.47. The highest BCUT2D eigenvalue weighted by Crippen LogP contribution is 2.18. The van der Waals surface area contributed by atoms with Crippen molar-refractivity contribution in [3.63, 3.8) is 0 Å². The van der Waals surface area contributed by atoms with Crippen molar-refractivity contribution >= 4 is 34.8 Å².